The predicted molar refractivity (Wildman–Crippen MR) is 146 cm³/mol. The number of hydrogen-bond acceptors (Lipinski definition) is 2. The van der Waals surface area contributed by atoms with E-state index in [2.05, 4.69) is 38.1 Å². The molecule has 3 rings (SSSR count). The summed E-state index contributed by atoms with van der Waals surface area (Å²) in [6.07, 6.45) is 25.2. The number of unbranched alkanes of at least 4 members (excludes halogenated alkanes) is 4. The van der Waals surface area contributed by atoms with Crippen LogP contribution in [0.1, 0.15) is 129 Å². The Labute approximate surface area is 211 Å². The minimum Gasteiger partial charge on any atom is -0.494 e. The van der Waals surface area contributed by atoms with Crippen LogP contribution in [0.4, 0.5) is 0 Å². The van der Waals surface area contributed by atoms with Crippen molar-refractivity contribution in [2.75, 3.05) is 13.2 Å². The van der Waals surface area contributed by atoms with E-state index in [4.69, 9.17) is 9.47 Å². The second kappa shape index (κ2) is 16.5. The van der Waals surface area contributed by atoms with Crippen LogP contribution in [0.5, 0.6) is 11.5 Å². The Hall–Kier alpha value is -1.18. The van der Waals surface area contributed by atoms with Crippen molar-refractivity contribution >= 4 is 0 Å². The van der Waals surface area contributed by atoms with Crippen LogP contribution < -0.4 is 9.47 Å². The molecule has 0 radical (unpaired) electrons. The SMILES string of the molecule is CCCCCCC1CCC(COc2ccc(OCCCC3CCC(CCCC)CC3)cc2)CC1. The molecule has 0 atom stereocenters. The van der Waals surface area contributed by atoms with Crippen molar-refractivity contribution < 1.29 is 9.47 Å². The molecular formula is C32H54O2. The molecule has 2 heteroatoms. The summed E-state index contributed by atoms with van der Waals surface area (Å²) < 4.78 is 12.2. The third-order valence-corrected chi connectivity index (χ3v) is 8.70. The molecule has 2 nitrogen and oxygen atoms in total. The molecule has 0 aromatic heterocycles. The van der Waals surface area contributed by atoms with E-state index in [-0.39, 0.29) is 0 Å². The van der Waals surface area contributed by atoms with E-state index in [1.165, 1.54) is 116 Å². The lowest BCUT2D eigenvalue weighted by atomic mass is 9.78. The van der Waals surface area contributed by atoms with E-state index >= 15 is 0 Å². The first-order chi connectivity index (χ1) is 16.8. The Bertz CT molecular complexity index is 608. The van der Waals surface area contributed by atoms with E-state index in [1.807, 2.05) is 0 Å². The molecule has 2 aliphatic rings. The van der Waals surface area contributed by atoms with Gasteiger partial charge in [0.2, 0.25) is 0 Å². The van der Waals surface area contributed by atoms with Gasteiger partial charge in [-0.3, -0.25) is 0 Å². The summed E-state index contributed by atoms with van der Waals surface area (Å²) in [5.41, 5.74) is 0. The van der Waals surface area contributed by atoms with Crippen LogP contribution in [0, 0.1) is 23.7 Å². The maximum absolute atomic E-state index is 6.13. The molecule has 1 aromatic carbocycles. The molecule has 0 unspecified atom stereocenters. The van der Waals surface area contributed by atoms with Crippen LogP contribution in [0.2, 0.25) is 0 Å². The maximum Gasteiger partial charge on any atom is 0.119 e. The molecule has 0 aliphatic heterocycles. The molecule has 2 fully saturated rings. The molecule has 0 N–H and O–H groups in total. The number of hydrogen-bond donors (Lipinski definition) is 0. The topological polar surface area (TPSA) is 18.5 Å². The molecule has 34 heavy (non-hydrogen) atoms. The summed E-state index contributed by atoms with van der Waals surface area (Å²) in [4.78, 5) is 0. The van der Waals surface area contributed by atoms with Gasteiger partial charge in [0.15, 0.2) is 0 Å². The van der Waals surface area contributed by atoms with E-state index in [9.17, 15) is 0 Å². The summed E-state index contributed by atoms with van der Waals surface area (Å²) in [6.45, 7) is 6.34. The Kier molecular flexibility index (Phi) is 13.3. The molecule has 1 aromatic rings. The van der Waals surface area contributed by atoms with Gasteiger partial charge in [0.25, 0.3) is 0 Å². The molecule has 2 saturated carbocycles. The zero-order valence-corrected chi connectivity index (χ0v) is 22.6. The van der Waals surface area contributed by atoms with Gasteiger partial charge >= 0.3 is 0 Å². The number of ether oxygens (including phenoxy) is 2. The first-order valence-electron chi connectivity index (χ1n) is 15.1. The molecule has 0 amide bonds. The van der Waals surface area contributed by atoms with E-state index in [0.717, 1.165) is 48.4 Å². The van der Waals surface area contributed by atoms with E-state index in [1.54, 1.807) is 0 Å². The Balaban J connectivity index is 1.21. The van der Waals surface area contributed by atoms with Crippen molar-refractivity contribution in [2.45, 2.75) is 129 Å². The fourth-order valence-electron chi connectivity index (χ4n) is 6.26. The Morgan fingerprint density at radius 3 is 1.56 bits per heavy atom. The summed E-state index contributed by atoms with van der Waals surface area (Å²) >= 11 is 0. The standard InChI is InChI=1S/C32H54O2/c1-3-5-7-8-11-28-17-19-30(20-18-28)26-34-32-23-21-31(22-24-32)33-25-9-12-29-15-13-27(14-16-29)10-6-4-2/h21-24,27-30H,3-20,25-26H2,1-2H3. The van der Waals surface area contributed by atoms with Gasteiger partial charge in [-0.15, -0.1) is 0 Å². The zero-order chi connectivity index (χ0) is 23.8. The van der Waals surface area contributed by atoms with E-state index in [0.29, 0.717) is 0 Å². The average Bonchev–Trinajstić information content (AvgIpc) is 2.89. The summed E-state index contributed by atoms with van der Waals surface area (Å²) in [6, 6.07) is 8.35. The molecule has 0 saturated heterocycles. The highest BCUT2D eigenvalue weighted by molar-refractivity contribution is 5.31. The summed E-state index contributed by atoms with van der Waals surface area (Å²) in [5.74, 6) is 5.65. The highest BCUT2D eigenvalue weighted by Crippen LogP contribution is 2.34. The second-order valence-corrected chi connectivity index (χ2v) is 11.5. The minimum absolute atomic E-state index is 0.740. The molecule has 2 aliphatic carbocycles. The first kappa shape index (κ1) is 27.4. The largest absolute Gasteiger partial charge is 0.494 e. The summed E-state index contributed by atoms with van der Waals surface area (Å²) in [5, 5.41) is 0. The van der Waals surface area contributed by atoms with Gasteiger partial charge in [-0.1, -0.05) is 104 Å². The lowest BCUT2D eigenvalue weighted by Crippen LogP contribution is -2.20. The smallest absolute Gasteiger partial charge is 0.119 e. The third-order valence-electron chi connectivity index (χ3n) is 8.70. The van der Waals surface area contributed by atoms with Gasteiger partial charge < -0.3 is 9.47 Å². The van der Waals surface area contributed by atoms with Gasteiger partial charge in [0, 0.05) is 0 Å². The molecule has 0 spiro atoms. The highest BCUT2D eigenvalue weighted by Gasteiger charge is 2.22. The van der Waals surface area contributed by atoms with Crippen molar-refractivity contribution in [3.8, 4) is 11.5 Å². The van der Waals surface area contributed by atoms with Crippen LogP contribution in [-0.2, 0) is 0 Å². The lowest BCUT2D eigenvalue weighted by molar-refractivity contribution is 0.177. The van der Waals surface area contributed by atoms with Gasteiger partial charge in [0.1, 0.15) is 11.5 Å². The van der Waals surface area contributed by atoms with Crippen molar-refractivity contribution in [1.82, 2.24) is 0 Å². The zero-order valence-electron chi connectivity index (χ0n) is 22.6. The van der Waals surface area contributed by atoms with Crippen LogP contribution >= 0.6 is 0 Å². The monoisotopic (exact) mass is 470 g/mol. The van der Waals surface area contributed by atoms with Gasteiger partial charge in [0.05, 0.1) is 13.2 Å². The van der Waals surface area contributed by atoms with Crippen LogP contribution in [0.3, 0.4) is 0 Å². The van der Waals surface area contributed by atoms with E-state index < -0.39 is 0 Å². The van der Waals surface area contributed by atoms with Gasteiger partial charge in [-0.2, -0.15) is 0 Å². The van der Waals surface area contributed by atoms with Crippen LogP contribution in [0.25, 0.3) is 0 Å². The predicted octanol–water partition coefficient (Wildman–Crippen LogP) is 10.00. The highest BCUT2D eigenvalue weighted by atomic mass is 16.5. The normalized spacial score (nSPS) is 25.2. The van der Waals surface area contributed by atoms with Crippen LogP contribution in [0.15, 0.2) is 24.3 Å². The minimum atomic E-state index is 0.740. The lowest BCUT2D eigenvalue weighted by Gasteiger charge is -2.28. The molecular weight excluding hydrogens is 416 g/mol. The summed E-state index contributed by atoms with van der Waals surface area (Å²) in [7, 11) is 0. The molecule has 0 heterocycles. The third kappa shape index (κ3) is 10.6. The quantitative estimate of drug-likeness (QED) is 0.224. The number of rotatable bonds is 16. The van der Waals surface area contributed by atoms with Crippen molar-refractivity contribution in [3.05, 3.63) is 24.3 Å². The van der Waals surface area contributed by atoms with Gasteiger partial charge in [-0.25, -0.2) is 0 Å². The second-order valence-electron chi connectivity index (χ2n) is 11.5. The number of benzene rings is 1. The molecule has 194 valence electrons. The van der Waals surface area contributed by atoms with Crippen molar-refractivity contribution in [2.24, 2.45) is 23.7 Å². The van der Waals surface area contributed by atoms with Gasteiger partial charge in [-0.05, 0) is 73.6 Å². The fraction of sp³-hybridized carbons (Fsp3) is 0.812. The van der Waals surface area contributed by atoms with Crippen molar-refractivity contribution in [3.63, 3.8) is 0 Å². The average molecular weight is 471 g/mol. The fourth-order valence-corrected chi connectivity index (χ4v) is 6.26. The Morgan fingerprint density at radius 2 is 1.00 bits per heavy atom. The van der Waals surface area contributed by atoms with Crippen LogP contribution in [-0.4, -0.2) is 13.2 Å². The Morgan fingerprint density at radius 1 is 0.529 bits per heavy atom. The van der Waals surface area contributed by atoms with Crippen molar-refractivity contribution in [1.29, 1.82) is 0 Å². The molecule has 0 bridgehead atoms. The first-order valence-corrected chi connectivity index (χ1v) is 15.1. The maximum atomic E-state index is 6.13.